The molecule has 6 nitrogen and oxygen atoms in total. The Morgan fingerprint density at radius 3 is 2.73 bits per heavy atom. The van der Waals surface area contributed by atoms with Gasteiger partial charge in [0.2, 0.25) is 11.8 Å². The monoisotopic (exact) mass is 309 g/mol. The first-order valence-corrected chi connectivity index (χ1v) is 8.30. The number of rotatable bonds is 7. The Labute approximate surface area is 131 Å². The lowest BCUT2D eigenvalue weighted by Crippen LogP contribution is -2.38. The molecule has 124 valence electrons. The Morgan fingerprint density at radius 1 is 1.36 bits per heavy atom. The van der Waals surface area contributed by atoms with E-state index in [-0.39, 0.29) is 18.2 Å². The molecule has 2 rings (SSSR count). The van der Waals surface area contributed by atoms with Crippen LogP contribution in [0.3, 0.4) is 0 Å². The molecule has 0 radical (unpaired) electrons. The van der Waals surface area contributed by atoms with Crippen LogP contribution in [0.5, 0.6) is 0 Å². The third kappa shape index (κ3) is 5.09. The van der Waals surface area contributed by atoms with Gasteiger partial charge in [-0.3, -0.25) is 4.79 Å². The maximum absolute atomic E-state index is 11.9. The lowest BCUT2D eigenvalue weighted by atomic mass is 9.82. The summed E-state index contributed by atoms with van der Waals surface area (Å²) in [5.41, 5.74) is -0.791. The van der Waals surface area contributed by atoms with Crippen molar-refractivity contribution in [3.8, 4) is 0 Å². The van der Waals surface area contributed by atoms with Gasteiger partial charge in [-0.15, -0.1) is 0 Å². The number of hydrogen-bond donors (Lipinski definition) is 2. The van der Waals surface area contributed by atoms with E-state index < -0.39 is 5.60 Å². The fraction of sp³-hybridized carbons (Fsp3) is 0.812. The molecule has 0 bridgehead atoms. The lowest BCUT2D eigenvalue weighted by Gasteiger charge is -2.31. The summed E-state index contributed by atoms with van der Waals surface area (Å²) in [6.45, 7) is 4.60. The number of nitrogens with zero attached hydrogens (tertiary/aromatic N) is 2. The van der Waals surface area contributed by atoms with Gasteiger partial charge in [-0.25, -0.2) is 0 Å². The molecule has 1 amide bonds. The molecule has 1 saturated carbocycles. The third-order valence-corrected chi connectivity index (χ3v) is 4.16. The Hall–Kier alpha value is -1.43. The predicted molar refractivity (Wildman–Crippen MR) is 82.4 cm³/mol. The Balaban J connectivity index is 1.64. The van der Waals surface area contributed by atoms with Gasteiger partial charge in [0.05, 0.1) is 12.0 Å². The van der Waals surface area contributed by atoms with Crippen LogP contribution >= 0.6 is 0 Å². The first-order chi connectivity index (χ1) is 10.5. The number of amides is 1. The van der Waals surface area contributed by atoms with E-state index in [4.69, 9.17) is 4.52 Å². The Kier molecular flexibility index (Phi) is 5.94. The highest BCUT2D eigenvalue weighted by molar-refractivity contribution is 5.76. The lowest BCUT2D eigenvalue weighted by molar-refractivity contribution is -0.127. The molecule has 1 aliphatic rings. The molecule has 1 fully saturated rings. The molecule has 1 aromatic rings. The van der Waals surface area contributed by atoms with Crippen molar-refractivity contribution in [1.82, 2.24) is 15.5 Å². The van der Waals surface area contributed by atoms with Crippen molar-refractivity contribution in [2.75, 3.05) is 6.54 Å². The van der Waals surface area contributed by atoms with Crippen molar-refractivity contribution in [3.63, 3.8) is 0 Å². The van der Waals surface area contributed by atoms with Gasteiger partial charge in [-0.05, 0) is 19.3 Å². The average Bonchev–Trinajstić information content (AvgIpc) is 2.93. The summed E-state index contributed by atoms with van der Waals surface area (Å²) >= 11 is 0. The van der Waals surface area contributed by atoms with Gasteiger partial charge in [-0.2, -0.15) is 4.98 Å². The van der Waals surface area contributed by atoms with E-state index in [0.717, 1.165) is 44.3 Å². The van der Waals surface area contributed by atoms with Crippen molar-refractivity contribution in [2.45, 2.75) is 76.7 Å². The predicted octanol–water partition coefficient (Wildman–Crippen LogP) is 2.33. The second kappa shape index (κ2) is 7.72. The zero-order chi connectivity index (χ0) is 16.0. The molecule has 0 aromatic carbocycles. The van der Waals surface area contributed by atoms with Crippen LogP contribution in [0.1, 0.15) is 76.4 Å². The molecule has 0 spiro atoms. The molecule has 0 atom stereocenters. The summed E-state index contributed by atoms with van der Waals surface area (Å²) in [7, 11) is 0. The maximum atomic E-state index is 11.9. The molecule has 1 heterocycles. The second-order valence-electron chi connectivity index (χ2n) is 6.62. The number of nitrogens with one attached hydrogen (secondary N) is 1. The topological polar surface area (TPSA) is 88.2 Å². The van der Waals surface area contributed by atoms with Gasteiger partial charge in [0.1, 0.15) is 0 Å². The van der Waals surface area contributed by atoms with Crippen LogP contribution in [0.25, 0.3) is 0 Å². The van der Waals surface area contributed by atoms with Crippen molar-refractivity contribution in [2.24, 2.45) is 0 Å². The van der Waals surface area contributed by atoms with E-state index in [1.165, 1.54) is 0 Å². The Bertz CT molecular complexity index is 479. The highest BCUT2D eigenvalue weighted by Crippen LogP contribution is 2.30. The Morgan fingerprint density at radius 2 is 2.09 bits per heavy atom. The summed E-state index contributed by atoms with van der Waals surface area (Å²) in [6.07, 6.45) is 6.28. The van der Waals surface area contributed by atoms with E-state index >= 15 is 0 Å². The second-order valence-corrected chi connectivity index (χ2v) is 6.62. The van der Waals surface area contributed by atoms with Crippen LogP contribution in [-0.2, 0) is 11.2 Å². The van der Waals surface area contributed by atoms with E-state index in [1.807, 2.05) is 13.8 Å². The average molecular weight is 309 g/mol. The molecule has 1 aromatic heterocycles. The summed E-state index contributed by atoms with van der Waals surface area (Å²) < 4.78 is 5.16. The number of carbonyl (C=O) groups is 1. The van der Waals surface area contributed by atoms with E-state index in [2.05, 4.69) is 15.5 Å². The fourth-order valence-electron chi connectivity index (χ4n) is 2.82. The van der Waals surface area contributed by atoms with Crippen LogP contribution in [0.4, 0.5) is 0 Å². The highest BCUT2D eigenvalue weighted by atomic mass is 16.5. The smallest absolute Gasteiger partial charge is 0.226 e. The zero-order valence-electron chi connectivity index (χ0n) is 13.6. The van der Waals surface area contributed by atoms with Gasteiger partial charge in [0.25, 0.3) is 0 Å². The van der Waals surface area contributed by atoms with E-state index in [9.17, 15) is 9.90 Å². The number of hydrogen-bond acceptors (Lipinski definition) is 5. The summed E-state index contributed by atoms with van der Waals surface area (Å²) in [4.78, 5) is 16.2. The van der Waals surface area contributed by atoms with Crippen molar-refractivity contribution < 1.29 is 14.4 Å². The van der Waals surface area contributed by atoms with Crippen molar-refractivity contribution >= 4 is 5.91 Å². The van der Waals surface area contributed by atoms with Crippen LogP contribution in [-0.4, -0.2) is 33.3 Å². The maximum Gasteiger partial charge on any atom is 0.226 e. The normalized spacial score (nSPS) is 17.6. The quantitative estimate of drug-likeness (QED) is 0.755. The zero-order valence-corrected chi connectivity index (χ0v) is 13.6. The number of aryl methyl sites for hydroxylation is 1. The molecule has 2 N–H and O–H groups in total. The van der Waals surface area contributed by atoms with Crippen LogP contribution in [0.15, 0.2) is 4.52 Å². The first kappa shape index (κ1) is 16.9. The molecule has 6 heteroatoms. The van der Waals surface area contributed by atoms with Gasteiger partial charge in [0, 0.05) is 18.9 Å². The van der Waals surface area contributed by atoms with E-state index in [0.29, 0.717) is 18.9 Å². The molecule has 1 aliphatic carbocycles. The minimum absolute atomic E-state index is 0.0715. The SMILES string of the molecule is CC(C)c1noc(CCCNC(=O)CC2(O)CCCCC2)n1. The fourth-order valence-corrected chi connectivity index (χ4v) is 2.82. The first-order valence-electron chi connectivity index (χ1n) is 8.30. The standard InChI is InChI=1S/C16H27N3O3/c1-12(2)15-18-14(22-19-15)7-6-10-17-13(20)11-16(21)8-4-3-5-9-16/h12,21H,3-11H2,1-2H3,(H,17,20). The van der Waals surface area contributed by atoms with Gasteiger partial charge in [-0.1, -0.05) is 38.3 Å². The minimum Gasteiger partial charge on any atom is -0.389 e. The van der Waals surface area contributed by atoms with Crippen LogP contribution in [0.2, 0.25) is 0 Å². The molecular formula is C16H27N3O3. The summed E-state index contributed by atoms with van der Waals surface area (Å²) in [5.74, 6) is 1.52. The number of aliphatic hydroxyl groups is 1. The molecular weight excluding hydrogens is 282 g/mol. The van der Waals surface area contributed by atoms with Crippen molar-refractivity contribution in [1.29, 1.82) is 0 Å². The summed E-state index contributed by atoms with van der Waals surface area (Å²) in [5, 5.41) is 17.1. The van der Waals surface area contributed by atoms with Crippen LogP contribution in [0, 0.1) is 0 Å². The number of aromatic nitrogens is 2. The van der Waals surface area contributed by atoms with Gasteiger partial charge < -0.3 is 14.9 Å². The van der Waals surface area contributed by atoms with Gasteiger partial charge >= 0.3 is 0 Å². The summed E-state index contributed by atoms with van der Waals surface area (Å²) in [6, 6.07) is 0. The minimum atomic E-state index is -0.791. The largest absolute Gasteiger partial charge is 0.389 e. The number of carbonyl (C=O) groups excluding carboxylic acids is 1. The molecule has 0 aliphatic heterocycles. The van der Waals surface area contributed by atoms with Crippen molar-refractivity contribution in [3.05, 3.63) is 11.7 Å². The molecule has 0 saturated heterocycles. The highest BCUT2D eigenvalue weighted by Gasteiger charge is 2.31. The van der Waals surface area contributed by atoms with E-state index in [1.54, 1.807) is 0 Å². The third-order valence-electron chi connectivity index (χ3n) is 4.16. The van der Waals surface area contributed by atoms with Crippen LogP contribution < -0.4 is 5.32 Å². The van der Waals surface area contributed by atoms with Gasteiger partial charge in [0.15, 0.2) is 5.82 Å². The molecule has 22 heavy (non-hydrogen) atoms. The molecule has 0 unspecified atom stereocenters.